The summed E-state index contributed by atoms with van der Waals surface area (Å²) in [6.07, 6.45) is 5.94. The molecule has 4 rings (SSSR count). The molecular formula is C19H22N4O3. The molecule has 3 N–H and O–H groups in total. The number of benzene rings is 1. The molecule has 136 valence electrons. The summed E-state index contributed by atoms with van der Waals surface area (Å²) in [5.74, 6) is 0.198. The maximum Gasteiger partial charge on any atom is 0.173 e. The molecule has 0 aliphatic carbocycles. The quantitative estimate of drug-likeness (QED) is 0.576. The molecule has 7 nitrogen and oxygen atoms in total. The Morgan fingerprint density at radius 2 is 1.85 bits per heavy atom. The first-order valence-corrected chi connectivity index (χ1v) is 8.95. The minimum atomic E-state index is -0.318. The van der Waals surface area contributed by atoms with E-state index in [2.05, 4.69) is 14.9 Å². The number of nitrogens with zero attached hydrogens (tertiary/aromatic N) is 4. The summed E-state index contributed by atoms with van der Waals surface area (Å²) in [6.45, 7) is 2.83. The molecule has 1 aromatic heterocycles. The van der Waals surface area contributed by atoms with Crippen molar-refractivity contribution in [1.82, 2.24) is 14.9 Å². The van der Waals surface area contributed by atoms with Crippen molar-refractivity contribution in [2.45, 2.75) is 38.8 Å². The van der Waals surface area contributed by atoms with Crippen molar-refractivity contribution in [3.63, 3.8) is 0 Å². The molecule has 0 saturated carbocycles. The third kappa shape index (κ3) is 3.35. The molecule has 0 amide bonds. The smallest absolute Gasteiger partial charge is 0.173 e. The van der Waals surface area contributed by atoms with Gasteiger partial charge in [-0.2, -0.15) is 0 Å². The van der Waals surface area contributed by atoms with Crippen LogP contribution in [-0.2, 0) is 19.5 Å². The zero-order chi connectivity index (χ0) is 18.1. The van der Waals surface area contributed by atoms with Gasteiger partial charge in [-0.05, 0) is 25.3 Å². The molecule has 2 aliphatic rings. The summed E-state index contributed by atoms with van der Waals surface area (Å²) in [7, 11) is 0. The number of aromatic hydroxyl groups is 3. The first kappa shape index (κ1) is 16.8. The van der Waals surface area contributed by atoms with Crippen molar-refractivity contribution < 1.29 is 15.3 Å². The fourth-order valence-corrected chi connectivity index (χ4v) is 3.51. The van der Waals surface area contributed by atoms with Crippen LogP contribution in [0.4, 0.5) is 0 Å². The second kappa shape index (κ2) is 6.92. The third-order valence-corrected chi connectivity index (χ3v) is 4.97. The SMILES string of the molecule is Oc1cc(O)c(CN2CCc3nc(C4=NCCCC4)ncc3C2)cc1O. The Kier molecular flexibility index (Phi) is 4.46. The van der Waals surface area contributed by atoms with Gasteiger partial charge in [-0.1, -0.05) is 0 Å². The molecule has 3 heterocycles. The largest absolute Gasteiger partial charge is 0.507 e. The molecule has 2 aromatic rings. The summed E-state index contributed by atoms with van der Waals surface area (Å²) in [6, 6.07) is 2.57. The Bertz CT molecular complexity index is 866. The first-order valence-electron chi connectivity index (χ1n) is 8.95. The van der Waals surface area contributed by atoms with E-state index in [1.807, 2.05) is 6.20 Å². The van der Waals surface area contributed by atoms with E-state index in [-0.39, 0.29) is 17.2 Å². The van der Waals surface area contributed by atoms with Gasteiger partial charge in [0.1, 0.15) is 5.75 Å². The summed E-state index contributed by atoms with van der Waals surface area (Å²) in [5.41, 5.74) is 3.75. The molecular weight excluding hydrogens is 332 g/mol. The highest BCUT2D eigenvalue weighted by atomic mass is 16.3. The fourth-order valence-electron chi connectivity index (χ4n) is 3.51. The van der Waals surface area contributed by atoms with Crippen LogP contribution in [-0.4, -0.2) is 49.0 Å². The Hall–Kier alpha value is -2.67. The minimum Gasteiger partial charge on any atom is -0.507 e. The second-order valence-electron chi connectivity index (χ2n) is 6.88. The van der Waals surface area contributed by atoms with Crippen molar-refractivity contribution in [2.75, 3.05) is 13.1 Å². The van der Waals surface area contributed by atoms with Gasteiger partial charge in [0.2, 0.25) is 0 Å². The number of rotatable bonds is 3. The van der Waals surface area contributed by atoms with Crippen LogP contribution < -0.4 is 0 Å². The van der Waals surface area contributed by atoms with Crippen molar-refractivity contribution in [3.05, 3.63) is 41.0 Å². The van der Waals surface area contributed by atoms with Gasteiger partial charge < -0.3 is 15.3 Å². The van der Waals surface area contributed by atoms with E-state index in [9.17, 15) is 15.3 Å². The highest BCUT2D eigenvalue weighted by molar-refractivity contribution is 5.97. The second-order valence-corrected chi connectivity index (χ2v) is 6.88. The molecule has 0 spiro atoms. The molecule has 0 bridgehead atoms. The maximum absolute atomic E-state index is 9.99. The van der Waals surface area contributed by atoms with Crippen molar-refractivity contribution in [2.24, 2.45) is 4.99 Å². The van der Waals surface area contributed by atoms with Crippen LogP contribution in [0.1, 0.15) is 41.9 Å². The topological polar surface area (TPSA) is 102 Å². The predicted molar refractivity (Wildman–Crippen MR) is 96.5 cm³/mol. The van der Waals surface area contributed by atoms with Crippen molar-refractivity contribution in [3.8, 4) is 17.2 Å². The lowest BCUT2D eigenvalue weighted by atomic mass is 10.0. The first-order chi connectivity index (χ1) is 12.6. The van der Waals surface area contributed by atoms with Crippen molar-refractivity contribution >= 4 is 5.71 Å². The van der Waals surface area contributed by atoms with Crippen molar-refractivity contribution in [1.29, 1.82) is 0 Å². The zero-order valence-corrected chi connectivity index (χ0v) is 14.5. The Labute approximate surface area is 151 Å². The van der Waals surface area contributed by atoms with Gasteiger partial charge in [-0.15, -0.1) is 0 Å². The van der Waals surface area contributed by atoms with Gasteiger partial charge in [0.15, 0.2) is 17.3 Å². The van der Waals surface area contributed by atoms with Crippen LogP contribution in [0.3, 0.4) is 0 Å². The number of hydrogen-bond donors (Lipinski definition) is 3. The third-order valence-electron chi connectivity index (χ3n) is 4.97. The molecule has 7 heteroatoms. The molecule has 0 unspecified atom stereocenters. The highest BCUT2D eigenvalue weighted by Gasteiger charge is 2.21. The van der Waals surface area contributed by atoms with E-state index in [0.29, 0.717) is 18.7 Å². The minimum absolute atomic E-state index is 0.0204. The number of phenolic OH excluding ortho intramolecular Hbond substituents is 3. The van der Waals surface area contributed by atoms with E-state index in [1.54, 1.807) is 0 Å². The van der Waals surface area contributed by atoms with Gasteiger partial charge in [0.25, 0.3) is 0 Å². The molecule has 0 atom stereocenters. The molecule has 2 aliphatic heterocycles. The Morgan fingerprint density at radius 3 is 2.65 bits per heavy atom. The average molecular weight is 354 g/mol. The fraction of sp³-hybridized carbons (Fsp3) is 0.421. The van der Waals surface area contributed by atoms with E-state index >= 15 is 0 Å². The molecule has 26 heavy (non-hydrogen) atoms. The van der Waals surface area contributed by atoms with E-state index in [1.165, 1.54) is 12.1 Å². The normalized spacial score (nSPS) is 17.6. The Balaban J connectivity index is 1.50. The molecule has 0 radical (unpaired) electrons. The summed E-state index contributed by atoms with van der Waals surface area (Å²) in [4.78, 5) is 16.0. The molecule has 0 fully saturated rings. The average Bonchev–Trinajstić information content (AvgIpc) is 2.66. The lowest BCUT2D eigenvalue weighted by Crippen LogP contribution is -2.31. The van der Waals surface area contributed by atoms with Gasteiger partial charge in [-0.25, -0.2) is 9.97 Å². The van der Waals surface area contributed by atoms with Gasteiger partial charge in [-0.3, -0.25) is 9.89 Å². The summed E-state index contributed by atoms with van der Waals surface area (Å²) in [5, 5.41) is 29.1. The highest BCUT2D eigenvalue weighted by Crippen LogP contribution is 2.33. The standard InChI is InChI=1S/C19H22N4O3/c24-16-8-18(26)17(25)7-12(16)10-23-6-4-14-13(11-23)9-21-19(22-14)15-3-1-2-5-20-15/h7-9,24-26H,1-6,10-11H2. The lowest BCUT2D eigenvalue weighted by molar-refractivity contribution is 0.239. The zero-order valence-electron chi connectivity index (χ0n) is 14.5. The number of aliphatic imine (C=N–C) groups is 1. The van der Waals surface area contributed by atoms with Gasteiger partial charge >= 0.3 is 0 Å². The van der Waals surface area contributed by atoms with Crippen LogP contribution >= 0.6 is 0 Å². The van der Waals surface area contributed by atoms with Crippen LogP contribution in [0.25, 0.3) is 0 Å². The maximum atomic E-state index is 9.99. The number of aromatic nitrogens is 2. The van der Waals surface area contributed by atoms with Gasteiger partial charge in [0.05, 0.1) is 11.4 Å². The predicted octanol–water partition coefficient (Wildman–Crippen LogP) is 2.12. The number of hydrogen-bond acceptors (Lipinski definition) is 7. The Morgan fingerprint density at radius 1 is 1.00 bits per heavy atom. The van der Waals surface area contributed by atoms with Crippen LogP contribution in [0.5, 0.6) is 17.2 Å². The lowest BCUT2D eigenvalue weighted by Gasteiger charge is -2.28. The molecule has 0 saturated heterocycles. The summed E-state index contributed by atoms with van der Waals surface area (Å²) < 4.78 is 0. The molecule has 1 aromatic carbocycles. The van der Waals surface area contributed by atoms with Gasteiger partial charge in [0, 0.05) is 56.0 Å². The van der Waals surface area contributed by atoms with Crippen LogP contribution in [0.15, 0.2) is 23.3 Å². The number of fused-ring (bicyclic) bond motifs is 1. The van der Waals surface area contributed by atoms with Crippen LogP contribution in [0.2, 0.25) is 0 Å². The monoisotopic (exact) mass is 354 g/mol. The number of phenols is 3. The van der Waals surface area contributed by atoms with E-state index in [4.69, 9.17) is 4.98 Å². The van der Waals surface area contributed by atoms with E-state index in [0.717, 1.165) is 61.6 Å². The van der Waals surface area contributed by atoms with E-state index < -0.39 is 0 Å². The van der Waals surface area contributed by atoms with Crippen LogP contribution in [0, 0.1) is 0 Å². The summed E-state index contributed by atoms with van der Waals surface area (Å²) >= 11 is 0.